The van der Waals surface area contributed by atoms with Gasteiger partial charge in [0, 0.05) is 0 Å². The van der Waals surface area contributed by atoms with E-state index in [0.717, 1.165) is 0 Å². The Hall–Kier alpha value is -0.970. The molecule has 6 heteroatoms. The largest absolute Gasteiger partial charge is 0.467 e. The molecule has 60 valence electrons. The van der Waals surface area contributed by atoms with Gasteiger partial charge in [0.05, 0.1) is 7.11 Å². The number of nitrogens with zero attached hydrogens (tertiary/aromatic N) is 2. The van der Waals surface area contributed by atoms with E-state index in [1.54, 1.807) is 0 Å². The third-order valence-corrected chi connectivity index (χ3v) is 1.24. The summed E-state index contributed by atoms with van der Waals surface area (Å²) in [4.78, 5) is 6.16. The summed E-state index contributed by atoms with van der Waals surface area (Å²) in [5.41, 5.74) is 0. The molecule has 1 heterocycles. The van der Waals surface area contributed by atoms with Crippen molar-refractivity contribution in [3.8, 4) is 6.01 Å². The lowest BCUT2D eigenvalue weighted by Gasteiger charge is -1.98. The molecule has 0 aliphatic heterocycles. The molecule has 0 unspecified atom stereocenters. The van der Waals surface area contributed by atoms with E-state index in [2.05, 4.69) is 14.7 Å². The standard InChI is InChI=1S/C5H3ClF2N2O/c1-11-5-9-3(7)2(6)4(8)10-5/h1H3. The first kappa shape index (κ1) is 8.13. The van der Waals surface area contributed by atoms with Crippen molar-refractivity contribution in [1.29, 1.82) is 0 Å². The molecule has 0 amide bonds. The van der Waals surface area contributed by atoms with Gasteiger partial charge in [0.15, 0.2) is 5.02 Å². The van der Waals surface area contributed by atoms with Crippen LogP contribution in [-0.2, 0) is 0 Å². The normalized spacial score (nSPS) is 9.82. The van der Waals surface area contributed by atoms with Crippen molar-refractivity contribution in [2.45, 2.75) is 0 Å². The van der Waals surface area contributed by atoms with Gasteiger partial charge in [0.2, 0.25) is 11.9 Å². The van der Waals surface area contributed by atoms with Gasteiger partial charge >= 0.3 is 6.01 Å². The minimum Gasteiger partial charge on any atom is -0.467 e. The van der Waals surface area contributed by atoms with Gasteiger partial charge in [-0.25, -0.2) is 0 Å². The molecule has 0 atom stereocenters. The minimum atomic E-state index is -1.13. The second-order valence-corrected chi connectivity index (χ2v) is 1.98. The van der Waals surface area contributed by atoms with Crippen molar-refractivity contribution in [3.63, 3.8) is 0 Å². The van der Waals surface area contributed by atoms with Crippen LogP contribution in [0.15, 0.2) is 0 Å². The third-order valence-electron chi connectivity index (χ3n) is 0.932. The summed E-state index contributed by atoms with van der Waals surface area (Å²) in [6.45, 7) is 0. The Morgan fingerprint density at radius 2 is 1.73 bits per heavy atom. The monoisotopic (exact) mass is 180 g/mol. The molecule has 1 aromatic rings. The Morgan fingerprint density at radius 3 is 2.09 bits per heavy atom. The van der Waals surface area contributed by atoms with Crippen LogP contribution in [-0.4, -0.2) is 17.1 Å². The van der Waals surface area contributed by atoms with Gasteiger partial charge in [-0.15, -0.1) is 0 Å². The second-order valence-electron chi connectivity index (χ2n) is 1.61. The van der Waals surface area contributed by atoms with Crippen molar-refractivity contribution in [1.82, 2.24) is 9.97 Å². The summed E-state index contributed by atoms with van der Waals surface area (Å²) >= 11 is 5.08. The van der Waals surface area contributed by atoms with Crippen LogP contribution in [0.3, 0.4) is 0 Å². The molecule has 0 bridgehead atoms. The van der Waals surface area contributed by atoms with E-state index in [1.165, 1.54) is 7.11 Å². The Morgan fingerprint density at radius 1 is 1.27 bits per heavy atom. The van der Waals surface area contributed by atoms with E-state index < -0.39 is 16.9 Å². The summed E-state index contributed by atoms with van der Waals surface area (Å²) in [6.07, 6.45) is 0. The molecular formula is C5H3ClF2N2O. The molecule has 0 aliphatic rings. The molecule has 11 heavy (non-hydrogen) atoms. The average molecular weight is 181 g/mol. The van der Waals surface area contributed by atoms with Crippen LogP contribution in [0.25, 0.3) is 0 Å². The number of halogens is 3. The fraction of sp³-hybridized carbons (Fsp3) is 0.200. The van der Waals surface area contributed by atoms with Gasteiger partial charge in [0.1, 0.15) is 0 Å². The van der Waals surface area contributed by atoms with E-state index in [4.69, 9.17) is 11.6 Å². The highest BCUT2D eigenvalue weighted by Crippen LogP contribution is 2.17. The summed E-state index contributed by atoms with van der Waals surface area (Å²) in [5.74, 6) is -2.26. The first-order chi connectivity index (χ1) is 5.15. The fourth-order valence-corrected chi connectivity index (χ4v) is 0.552. The van der Waals surface area contributed by atoms with Gasteiger partial charge in [-0.1, -0.05) is 11.6 Å². The Bertz CT molecular complexity index is 258. The molecule has 0 aliphatic carbocycles. The summed E-state index contributed by atoms with van der Waals surface area (Å²) in [6, 6.07) is -0.385. The maximum absolute atomic E-state index is 12.4. The van der Waals surface area contributed by atoms with Crippen LogP contribution in [0, 0.1) is 11.9 Å². The number of aromatic nitrogens is 2. The zero-order chi connectivity index (χ0) is 8.43. The Labute approximate surface area is 66.0 Å². The van der Waals surface area contributed by atoms with Gasteiger partial charge in [0.25, 0.3) is 0 Å². The highest BCUT2D eigenvalue weighted by atomic mass is 35.5. The second kappa shape index (κ2) is 2.96. The van der Waals surface area contributed by atoms with Crippen molar-refractivity contribution in [2.24, 2.45) is 0 Å². The number of ether oxygens (including phenoxy) is 1. The quantitative estimate of drug-likeness (QED) is 0.613. The highest BCUT2D eigenvalue weighted by Gasteiger charge is 2.11. The van der Waals surface area contributed by atoms with E-state index in [1.807, 2.05) is 0 Å². The maximum atomic E-state index is 12.4. The van der Waals surface area contributed by atoms with Crippen molar-refractivity contribution < 1.29 is 13.5 Å². The first-order valence-corrected chi connectivity index (χ1v) is 2.95. The van der Waals surface area contributed by atoms with Crippen molar-refractivity contribution in [2.75, 3.05) is 7.11 Å². The minimum absolute atomic E-state index is 0.385. The summed E-state index contributed by atoms with van der Waals surface area (Å²) in [7, 11) is 1.20. The molecule has 0 saturated heterocycles. The average Bonchev–Trinajstić information content (AvgIpc) is 1.99. The lowest BCUT2D eigenvalue weighted by atomic mass is 10.6. The zero-order valence-corrected chi connectivity index (χ0v) is 6.19. The lowest BCUT2D eigenvalue weighted by Crippen LogP contribution is -1.98. The van der Waals surface area contributed by atoms with Crippen LogP contribution < -0.4 is 4.74 Å². The molecule has 0 saturated carbocycles. The molecule has 1 aromatic heterocycles. The predicted octanol–water partition coefficient (Wildman–Crippen LogP) is 1.42. The van der Waals surface area contributed by atoms with Crippen LogP contribution in [0.1, 0.15) is 0 Å². The number of hydrogen-bond donors (Lipinski definition) is 0. The summed E-state index contributed by atoms with van der Waals surface area (Å²) < 4.78 is 29.2. The maximum Gasteiger partial charge on any atom is 0.321 e. The highest BCUT2D eigenvalue weighted by molar-refractivity contribution is 6.30. The first-order valence-electron chi connectivity index (χ1n) is 2.57. The topological polar surface area (TPSA) is 35.0 Å². The SMILES string of the molecule is COc1nc(F)c(Cl)c(F)n1. The van der Waals surface area contributed by atoms with Crippen LogP contribution >= 0.6 is 11.6 Å². The Balaban J connectivity index is 3.21. The number of methoxy groups -OCH3 is 1. The van der Waals surface area contributed by atoms with Crippen molar-refractivity contribution >= 4 is 11.6 Å². The molecule has 1 rings (SSSR count). The van der Waals surface area contributed by atoms with E-state index >= 15 is 0 Å². The van der Waals surface area contributed by atoms with Crippen LogP contribution in [0.2, 0.25) is 5.02 Å². The smallest absolute Gasteiger partial charge is 0.321 e. The fourth-order valence-electron chi connectivity index (χ4n) is 0.468. The van der Waals surface area contributed by atoms with Gasteiger partial charge in [-0.2, -0.15) is 18.7 Å². The number of hydrogen-bond acceptors (Lipinski definition) is 3. The number of rotatable bonds is 1. The van der Waals surface area contributed by atoms with Gasteiger partial charge in [-0.3, -0.25) is 0 Å². The molecule has 0 radical (unpaired) electrons. The molecule has 0 fully saturated rings. The molecular weight excluding hydrogens is 178 g/mol. The third kappa shape index (κ3) is 1.54. The lowest BCUT2D eigenvalue weighted by molar-refractivity contribution is 0.356. The van der Waals surface area contributed by atoms with Crippen LogP contribution in [0.4, 0.5) is 8.78 Å². The molecule has 0 spiro atoms. The van der Waals surface area contributed by atoms with E-state index in [9.17, 15) is 8.78 Å². The van der Waals surface area contributed by atoms with Crippen LogP contribution in [0.5, 0.6) is 6.01 Å². The Kier molecular flexibility index (Phi) is 2.19. The summed E-state index contributed by atoms with van der Waals surface area (Å²) in [5, 5.41) is -0.731. The molecule has 0 aromatic carbocycles. The van der Waals surface area contributed by atoms with E-state index in [-0.39, 0.29) is 6.01 Å². The molecule has 3 nitrogen and oxygen atoms in total. The molecule has 0 N–H and O–H groups in total. The van der Waals surface area contributed by atoms with Gasteiger partial charge < -0.3 is 4.74 Å². The van der Waals surface area contributed by atoms with Crippen molar-refractivity contribution in [3.05, 3.63) is 16.9 Å². The van der Waals surface area contributed by atoms with E-state index in [0.29, 0.717) is 0 Å². The predicted molar refractivity (Wildman–Crippen MR) is 33.5 cm³/mol. The zero-order valence-electron chi connectivity index (χ0n) is 5.44. The van der Waals surface area contributed by atoms with Gasteiger partial charge in [-0.05, 0) is 0 Å².